The minimum atomic E-state index is -0.462. The lowest BCUT2D eigenvalue weighted by Gasteiger charge is -2.05. The molecule has 1 aromatic heterocycles. The van der Waals surface area contributed by atoms with Gasteiger partial charge in [-0.15, -0.1) is 0 Å². The first-order chi connectivity index (χ1) is 9.04. The number of nitrogens with two attached hydrogens (primary N) is 2. The van der Waals surface area contributed by atoms with Crippen LogP contribution in [0.3, 0.4) is 0 Å². The molecule has 0 aliphatic carbocycles. The van der Waals surface area contributed by atoms with E-state index in [4.69, 9.17) is 16.2 Å². The van der Waals surface area contributed by atoms with E-state index >= 15 is 0 Å². The Morgan fingerprint density at radius 1 is 1.21 bits per heavy atom. The third-order valence-electron chi connectivity index (χ3n) is 2.11. The largest absolute Gasteiger partial charge is 0.454 e. The molecule has 0 atom stereocenters. The van der Waals surface area contributed by atoms with Crippen LogP contribution in [0.25, 0.3) is 0 Å². The Labute approximate surface area is 122 Å². The molecule has 19 heavy (non-hydrogen) atoms. The van der Waals surface area contributed by atoms with Crippen molar-refractivity contribution in [3.63, 3.8) is 0 Å². The molecular weight excluding hydrogens is 361 g/mol. The maximum absolute atomic E-state index is 11.8. The number of carbonyl (C=O) groups excluding carboxylic acids is 1. The summed E-state index contributed by atoms with van der Waals surface area (Å²) in [6, 6.07) is 7.04. The highest BCUT2D eigenvalue weighted by Crippen LogP contribution is 2.10. The lowest BCUT2D eigenvalue weighted by Crippen LogP contribution is -2.11. The van der Waals surface area contributed by atoms with E-state index in [1.807, 2.05) is 6.07 Å². The number of halogens is 1. The normalized spacial score (nSPS) is 10.2. The van der Waals surface area contributed by atoms with E-state index in [1.54, 1.807) is 18.2 Å². The maximum Gasteiger partial charge on any atom is 0.338 e. The van der Waals surface area contributed by atoms with Gasteiger partial charge in [-0.05, 0) is 40.8 Å². The zero-order chi connectivity index (χ0) is 13.8. The van der Waals surface area contributed by atoms with Gasteiger partial charge in [-0.2, -0.15) is 15.0 Å². The van der Waals surface area contributed by atoms with E-state index in [0.717, 1.165) is 3.57 Å². The lowest BCUT2D eigenvalue weighted by atomic mass is 10.2. The van der Waals surface area contributed by atoms with Crippen molar-refractivity contribution in [3.05, 3.63) is 39.2 Å². The molecule has 2 aromatic rings. The fourth-order valence-corrected chi connectivity index (χ4v) is 1.89. The molecule has 0 unspecified atom stereocenters. The van der Waals surface area contributed by atoms with Gasteiger partial charge in [0.2, 0.25) is 11.9 Å². The van der Waals surface area contributed by atoms with Gasteiger partial charge in [0.25, 0.3) is 0 Å². The predicted octanol–water partition coefficient (Wildman–Crippen LogP) is 0.998. The van der Waals surface area contributed by atoms with Crippen molar-refractivity contribution in [3.8, 4) is 0 Å². The van der Waals surface area contributed by atoms with E-state index in [0.29, 0.717) is 5.56 Å². The Bertz CT molecular complexity index is 600. The first-order valence-corrected chi connectivity index (χ1v) is 6.31. The third kappa shape index (κ3) is 3.74. The highest BCUT2D eigenvalue weighted by atomic mass is 127. The van der Waals surface area contributed by atoms with Crippen molar-refractivity contribution in [2.24, 2.45) is 0 Å². The first-order valence-electron chi connectivity index (χ1n) is 5.23. The summed E-state index contributed by atoms with van der Waals surface area (Å²) >= 11 is 2.11. The number of nitrogens with zero attached hydrogens (tertiary/aromatic N) is 3. The summed E-state index contributed by atoms with van der Waals surface area (Å²) in [5.74, 6) is -0.263. The number of ether oxygens (including phenoxy) is 1. The van der Waals surface area contributed by atoms with Gasteiger partial charge in [0.1, 0.15) is 0 Å². The van der Waals surface area contributed by atoms with Gasteiger partial charge >= 0.3 is 5.97 Å². The molecule has 0 aliphatic heterocycles. The summed E-state index contributed by atoms with van der Waals surface area (Å²) in [5, 5.41) is 0. The number of carbonyl (C=O) groups is 1. The van der Waals surface area contributed by atoms with E-state index in [1.165, 1.54) is 0 Å². The average Bonchev–Trinajstić information content (AvgIpc) is 2.35. The molecule has 2 rings (SSSR count). The molecule has 0 radical (unpaired) electrons. The predicted molar refractivity (Wildman–Crippen MR) is 76.9 cm³/mol. The Kier molecular flexibility index (Phi) is 4.10. The standard InChI is InChI=1S/C11H10IN5O2/c12-7-3-1-2-6(4-7)9(18)19-5-8-15-10(13)17-11(14)16-8/h1-4H,5H2,(H4,13,14,15,16,17). The van der Waals surface area contributed by atoms with Crippen molar-refractivity contribution < 1.29 is 9.53 Å². The van der Waals surface area contributed by atoms with Crippen LogP contribution < -0.4 is 11.5 Å². The van der Waals surface area contributed by atoms with Crippen molar-refractivity contribution in [2.75, 3.05) is 11.5 Å². The minimum absolute atomic E-state index is 0.00666. The summed E-state index contributed by atoms with van der Waals surface area (Å²) in [7, 11) is 0. The molecular formula is C11H10IN5O2. The van der Waals surface area contributed by atoms with Crippen LogP contribution in [0, 0.1) is 3.57 Å². The second-order valence-corrected chi connectivity index (χ2v) is 4.80. The van der Waals surface area contributed by atoms with E-state index in [-0.39, 0.29) is 24.3 Å². The molecule has 8 heteroatoms. The Morgan fingerprint density at radius 3 is 2.53 bits per heavy atom. The number of benzene rings is 1. The summed E-state index contributed by atoms with van der Waals surface area (Å²) < 4.78 is 6.02. The number of rotatable bonds is 3. The minimum Gasteiger partial charge on any atom is -0.454 e. The fraction of sp³-hybridized carbons (Fsp3) is 0.0909. The van der Waals surface area contributed by atoms with Crippen LogP contribution in [0.15, 0.2) is 24.3 Å². The molecule has 0 aliphatic rings. The summed E-state index contributed by atoms with van der Waals surface area (Å²) in [6.07, 6.45) is 0. The highest BCUT2D eigenvalue weighted by Gasteiger charge is 2.09. The van der Waals surface area contributed by atoms with Gasteiger partial charge in [-0.3, -0.25) is 0 Å². The molecule has 1 aromatic carbocycles. The Balaban J connectivity index is 2.04. The van der Waals surface area contributed by atoms with Crippen LogP contribution in [0.1, 0.15) is 16.2 Å². The van der Waals surface area contributed by atoms with Crippen molar-refractivity contribution >= 4 is 40.5 Å². The maximum atomic E-state index is 11.8. The molecule has 0 bridgehead atoms. The number of aromatic nitrogens is 3. The van der Waals surface area contributed by atoms with Crippen molar-refractivity contribution in [2.45, 2.75) is 6.61 Å². The quantitative estimate of drug-likeness (QED) is 0.611. The molecule has 0 saturated heterocycles. The molecule has 0 spiro atoms. The Hall–Kier alpha value is -1.97. The summed E-state index contributed by atoms with van der Waals surface area (Å²) in [6.45, 7) is -0.110. The Morgan fingerprint density at radius 2 is 1.89 bits per heavy atom. The van der Waals surface area contributed by atoms with Gasteiger partial charge in [0.15, 0.2) is 12.4 Å². The van der Waals surface area contributed by atoms with Gasteiger partial charge in [-0.1, -0.05) is 6.07 Å². The monoisotopic (exact) mass is 371 g/mol. The van der Waals surface area contributed by atoms with Crippen LogP contribution in [-0.4, -0.2) is 20.9 Å². The SMILES string of the molecule is Nc1nc(N)nc(COC(=O)c2cccc(I)c2)n1. The van der Waals surface area contributed by atoms with Crippen molar-refractivity contribution in [1.82, 2.24) is 15.0 Å². The fourth-order valence-electron chi connectivity index (χ4n) is 1.35. The van der Waals surface area contributed by atoms with Crippen LogP contribution in [-0.2, 0) is 11.3 Å². The highest BCUT2D eigenvalue weighted by molar-refractivity contribution is 14.1. The van der Waals surface area contributed by atoms with E-state index in [9.17, 15) is 4.79 Å². The van der Waals surface area contributed by atoms with Crippen LogP contribution in [0.2, 0.25) is 0 Å². The van der Waals surface area contributed by atoms with Gasteiger partial charge in [0.05, 0.1) is 5.56 Å². The van der Waals surface area contributed by atoms with E-state index < -0.39 is 5.97 Å². The number of esters is 1. The van der Waals surface area contributed by atoms with Gasteiger partial charge in [0, 0.05) is 3.57 Å². The molecule has 4 N–H and O–H groups in total. The second-order valence-electron chi connectivity index (χ2n) is 3.55. The van der Waals surface area contributed by atoms with Crippen molar-refractivity contribution in [1.29, 1.82) is 0 Å². The lowest BCUT2D eigenvalue weighted by molar-refractivity contribution is 0.0462. The number of anilines is 2. The zero-order valence-corrected chi connectivity index (χ0v) is 11.9. The number of nitrogen functional groups attached to an aromatic ring is 2. The van der Waals surface area contributed by atoms with Gasteiger partial charge < -0.3 is 16.2 Å². The van der Waals surface area contributed by atoms with Crippen LogP contribution >= 0.6 is 22.6 Å². The third-order valence-corrected chi connectivity index (χ3v) is 2.78. The number of hydrogen-bond donors (Lipinski definition) is 2. The molecule has 0 saturated carbocycles. The molecule has 7 nitrogen and oxygen atoms in total. The summed E-state index contributed by atoms with van der Waals surface area (Å²) in [4.78, 5) is 23.0. The van der Waals surface area contributed by atoms with Crippen LogP contribution in [0.5, 0.6) is 0 Å². The molecule has 98 valence electrons. The summed E-state index contributed by atoms with van der Waals surface area (Å²) in [5.41, 5.74) is 11.3. The molecule has 0 fully saturated rings. The number of hydrogen-bond acceptors (Lipinski definition) is 7. The van der Waals surface area contributed by atoms with E-state index in [2.05, 4.69) is 37.5 Å². The smallest absolute Gasteiger partial charge is 0.338 e. The first kappa shape index (κ1) is 13.5. The van der Waals surface area contributed by atoms with Crippen LogP contribution in [0.4, 0.5) is 11.9 Å². The molecule has 0 amide bonds. The molecule has 1 heterocycles. The second kappa shape index (κ2) is 5.78. The zero-order valence-electron chi connectivity index (χ0n) is 9.71. The topological polar surface area (TPSA) is 117 Å². The van der Waals surface area contributed by atoms with Gasteiger partial charge in [-0.25, -0.2) is 4.79 Å². The average molecular weight is 371 g/mol.